The standard InChI is InChI=1S/C19H20ClNO9/c1-27-16-8-13(21(25)26)17(28-2)10(18(16)29-3)5-4-6-30-19(24)11-7-12(20)15(23)9-14(11)22/h7-9,22-23H,4-6H2,1-3H3. The van der Waals surface area contributed by atoms with Gasteiger partial charge in [-0.2, -0.15) is 0 Å². The van der Waals surface area contributed by atoms with Crippen molar-refractivity contribution in [3.8, 4) is 28.7 Å². The summed E-state index contributed by atoms with van der Waals surface area (Å²) in [5, 5.41) is 30.4. The first kappa shape index (κ1) is 22.9. The average Bonchev–Trinajstić information content (AvgIpc) is 2.72. The van der Waals surface area contributed by atoms with E-state index in [1.54, 1.807) is 0 Å². The molecule has 0 bridgehead atoms. The highest BCUT2D eigenvalue weighted by Gasteiger charge is 2.27. The molecule has 2 aromatic rings. The number of nitrogens with zero attached hydrogens (tertiary/aromatic N) is 1. The fourth-order valence-electron chi connectivity index (χ4n) is 2.83. The predicted octanol–water partition coefficient (Wildman–Crippen LogP) is 3.47. The van der Waals surface area contributed by atoms with E-state index in [0.29, 0.717) is 5.56 Å². The molecule has 0 atom stereocenters. The summed E-state index contributed by atoms with van der Waals surface area (Å²) < 4.78 is 20.8. The molecule has 30 heavy (non-hydrogen) atoms. The Morgan fingerprint density at radius 3 is 2.30 bits per heavy atom. The second-order valence-electron chi connectivity index (χ2n) is 5.96. The Kier molecular flexibility index (Phi) is 7.54. The number of rotatable bonds is 9. The first-order valence-electron chi connectivity index (χ1n) is 8.59. The van der Waals surface area contributed by atoms with Gasteiger partial charge in [-0.25, -0.2) is 4.79 Å². The van der Waals surface area contributed by atoms with Crippen molar-refractivity contribution < 1.29 is 38.9 Å². The fourth-order valence-corrected chi connectivity index (χ4v) is 3.00. The monoisotopic (exact) mass is 441 g/mol. The number of esters is 1. The van der Waals surface area contributed by atoms with E-state index in [0.717, 1.165) is 12.1 Å². The van der Waals surface area contributed by atoms with E-state index in [2.05, 4.69) is 0 Å². The van der Waals surface area contributed by atoms with Crippen molar-refractivity contribution in [1.82, 2.24) is 0 Å². The van der Waals surface area contributed by atoms with Crippen molar-refractivity contribution in [2.45, 2.75) is 12.8 Å². The zero-order chi connectivity index (χ0) is 22.4. The lowest BCUT2D eigenvalue weighted by molar-refractivity contribution is -0.385. The summed E-state index contributed by atoms with van der Waals surface area (Å²) in [7, 11) is 4.05. The van der Waals surface area contributed by atoms with Gasteiger partial charge in [-0.15, -0.1) is 0 Å². The summed E-state index contributed by atoms with van der Waals surface area (Å²) in [5.41, 5.74) is -0.103. The number of hydrogen-bond donors (Lipinski definition) is 2. The van der Waals surface area contributed by atoms with Gasteiger partial charge in [0.25, 0.3) is 0 Å². The Morgan fingerprint density at radius 1 is 1.07 bits per heavy atom. The minimum absolute atomic E-state index is 0.0203. The number of benzene rings is 2. The van der Waals surface area contributed by atoms with Gasteiger partial charge in [0.2, 0.25) is 5.75 Å². The van der Waals surface area contributed by atoms with Crippen molar-refractivity contribution in [3.05, 3.63) is 44.5 Å². The van der Waals surface area contributed by atoms with Crippen molar-refractivity contribution in [2.24, 2.45) is 0 Å². The second kappa shape index (κ2) is 9.88. The number of ether oxygens (including phenoxy) is 4. The van der Waals surface area contributed by atoms with Gasteiger partial charge < -0.3 is 29.2 Å². The number of hydrogen-bond acceptors (Lipinski definition) is 9. The highest BCUT2D eigenvalue weighted by Crippen LogP contribution is 2.44. The van der Waals surface area contributed by atoms with Crippen molar-refractivity contribution in [1.29, 1.82) is 0 Å². The molecular weight excluding hydrogens is 422 g/mol. The number of carbonyl (C=O) groups is 1. The molecule has 0 aliphatic rings. The summed E-state index contributed by atoms with van der Waals surface area (Å²) in [6.45, 7) is -0.0753. The highest BCUT2D eigenvalue weighted by atomic mass is 35.5. The molecule has 0 unspecified atom stereocenters. The molecule has 0 amide bonds. The van der Waals surface area contributed by atoms with Gasteiger partial charge in [-0.05, 0) is 18.9 Å². The molecule has 0 fully saturated rings. The number of nitro groups is 1. The average molecular weight is 442 g/mol. The third-order valence-electron chi connectivity index (χ3n) is 4.19. The molecule has 0 aromatic heterocycles. The second-order valence-corrected chi connectivity index (χ2v) is 6.37. The van der Waals surface area contributed by atoms with Gasteiger partial charge in [0.05, 0.1) is 43.9 Å². The van der Waals surface area contributed by atoms with Crippen LogP contribution in [0.1, 0.15) is 22.3 Å². The number of aromatic hydroxyl groups is 2. The van der Waals surface area contributed by atoms with Gasteiger partial charge in [0.15, 0.2) is 11.5 Å². The van der Waals surface area contributed by atoms with Crippen LogP contribution in [0.5, 0.6) is 28.7 Å². The minimum Gasteiger partial charge on any atom is -0.507 e. The normalized spacial score (nSPS) is 10.4. The fraction of sp³-hybridized carbons (Fsp3) is 0.316. The van der Waals surface area contributed by atoms with Crippen molar-refractivity contribution in [3.63, 3.8) is 0 Å². The Bertz CT molecular complexity index is 962. The van der Waals surface area contributed by atoms with Gasteiger partial charge >= 0.3 is 11.7 Å². The molecule has 10 nitrogen and oxygen atoms in total. The zero-order valence-corrected chi connectivity index (χ0v) is 17.2. The lowest BCUT2D eigenvalue weighted by Gasteiger charge is -2.16. The van der Waals surface area contributed by atoms with E-state index >= 15 is 0 Å². The zero-order valence-electron chi connectivity index (χ0n) is 16.4. The number of halogens is 1. The summed E-state index contributed by atoms with van der Waals surface area (Å²) >= 11 is 5.74. The van der Waals surface area contributed by atoms with E-state index in [1.165, 1.54) is 27.4 Å². The Morgan fingerprint density at radius 2 is 1.73 bits per heavy atom. The van der Waals surface area contributed by atoms with Crippen LogP contribution in [0.15, 0.2) is 18.2 Å². The highest BCUT2D eigenvalue weighted by molar-refractivity contribution is 6.32. The third kappa shape index (κ3) is 4.77. The number of phenols is 2. The predicted molar refractivity (Wildman–Crippen MR) is 106 cm³/mol. The van der Waals surface area contributed by atoms with Gasteiger partial charge in [0, 0.05) is 11.6 Å². The third-order valence-corrected chi connectivity index (χ3v) is 4.49. The smallest absolute Gasteiger partial charge is 0.341 e. The van der Waals surface area contributed by atoms with E-state index in [1.807, 2.05) is 0 Å². The molecule has 2 rings (SSSR count). The van der Waals surface area contributed by atoms with Crippen molar-refractivity contribution >= 4 is 23.3 Å². The van der Waals surface area contributed by atoms with Crippen molar-refractivity contribution in [2.75, 3.05) is 27.9 Å². The lowest BCUT2D eigenvalue weighted by Crippen LogP contribution is -2.09. The van der Waals surface area contributed by atoms with Crippen LogP contribution in [-0.2, 0) is 11.2 Å². The molecule has 0 aliphatic heterocycles. The van der Waals surface area contributed by atoms with Gasteiger partial charge in [-0.1, -0.05) is 11.6 Å². The van der Waals surface area contributed by atoms with E-state index < -0.39 is 16.6 Å². The number of phenolic OH excluding ortho intramolecular Hbond substituents is 2. The molecule has 0 saturated heterocycles. The molecule has 0 radical (unpaired) electrons. The molecule has 11 heteroatoms. The SMILES string of the molecule is COc1cc([N+](=O)[O-])c(OC)c(CCCOC(=O)c2cc(Cl)c(O)cc2O)c1OC. The topological polar surface area (TPSA) is 138 Å². The van der Waals surface area contributed by atoms with E-state index in [-0.39, 0.29) is 58.7 Å². The molecule has 0 aliphatic carbocycles. The van der Waals surface area contributed by atoms with Crippen LogP contribution in [0, 0.1) is 10.1 Å². The summed E-state index contributed by atoms with van der Waals surface area (Å²) in [6.07, 6.45) is 0.468. The lowest BCUT2D eigenvalue weighted by atomic mass is 10.0. The minimum atomic E-state index is -0.843. The Labute approximate surface area is 176 Å². The maximum atomic E-state index is 12.1. The number of carbonyl (C=O) groups excluding carboxylic acids is 1. The van der Waals surface area contributed by atoms with E-state index in [9.17, 15) is 25.1 Å². The Balaban J connectivity index is 2.17. The summed E-state index contributed by atoms with van der Waals surface area (Å²) in [6, 6.07) is 3.23. The van der Waals surface area contributed by atoms with Crippen LogP contribution in [0.25, 0.3) is 0 Å². The molecular formula is C19H20ClNO9. The van der Waals surface area contributed by atoms with Gasteiger partial charge in [0.1, 0.15) is 17.1 Å². The first-order chi connectivity index (χ1) is 14.2. The molecule has 162 valence electrons. The molecule has 2 aromatic carbocycles. The number of methoxy groups -OCH3 is 3. The van der Waals surface area contributed by atoms with E-state index in [4.69, 9.17) is 30.5 Å². The summed E-state index contributed by atoms with van der Waals surface area (Å²) in [4.78, 5) is 22.9. The molecule has 0 heterocycles. The maximum Gasteiger partial charge on any atom is 0.341 e. The van der Waals surface area contributed by atoms with Crippen LogP contribution >= 0.6 is 11.6 Å². The molecule has 0 spiro atoms. The maximum absolute atomic E-state index is 12.1. The first-order valence-corrected chi connectivity index (χ1v) is 8.97. The van der Waals surface area contributed by atoms with Crippen LogP contribution < -0.4 is 14.2 Å². The number of nitro benzene ring substituents is 1. The van der Waals surface area contributed by atoms with Gasteiger partial charge in [-0.3, -0.25) is 10.1 Å². The Hall–Kier alpha value is -3.40. The molecule has 2 N–H and O–H groups in total. The quantitative estimate of drug-likeness (QED) is 0.259. The van der Waals surface area contributed by atoms with Crippen LogP contribution in [0.4, 0.5) is 5.69 Å². The summed E-state index contributed by atoms with van der Waals surface area (Å²) in [5.74, 6) is -1.23. The van der Waals surface area contributed by atoms with Crippen LogP contribution in [-0.4, -0.2) is 49.0 Å². The van der Waals surface area contributed by atoms with Crippen LogP contribution in [0.2, 0.25) is 5.02 Å². The largest absolute Gasteiger partial charge is 0.507 e. The molecule has 0 saturated carbocycles. The van der Waals surface area contributed by atoms with Crippen LogP contribution in [0.3, 0.4) is 0 Å².